The average molecular weight is 194 g/mol. The highest BCUT2D eigenvalue weighted by molar-refractivity contribution is 5.19. The van der Waals surface area contributed by atoms with E-state index in [9.17, 15) is 0 Å². The zero-order valence-electron chi connectivity index (χ0n) is 9.62. The van der Waals surface area contributed by atoms with Gasteiger partial charge in [0.2, 0.25) is 0 Å². The van der Waals surface area contributed by atoms with E-state index in [1.807, 2.05) is 0 Å². The molecule has 80 valence electrons. The molecule has 0 aromatic carbocycles. The molecule has 2 fully saturated rings. The summed E-state index contributed by atoms with van der Waals surface area (Å²) >= 11 is 0. The number of rotatable bonds is 3. The first-order valence-corrected chi connectivity index (χ1v) is 6.05. The van der Waals surface area contributed by atoms with E-state index in [0.717, 1.165) is 18.3 Å². The fourth-order valence-electron chi connectivity index (χ4n) is 3.02. The Kier molecular flexibility index (Phi) is 2.96. The number of hydrogen-bond acceptors (Lipinski definition) is 1. The first-order chi connectivity index (χ1) is 6.74. The molecule has 0 aromatic rings. The Hall–Kier alpha value is -0.300. The lowest BCUT2D eigenvalue weighted by atomic mass is 9.92. The molecule has 1 heteroatoms. The van der Waals surface area contributed by atoms with E-state index < -0.39 is 0 Å². The van der Waals surface area contributed by atoms with E-state index >= 15 is 0 Å². The summed E-state index contributed by atoms with van der Waals surface area (Å²) < 4.78 is 6.09. The molecular formula is C13H22O. The molecule has 0 saturated heterocycles. The van der Waals surface area contributed by atoms with Crippen LogP contribution in [0.5, 0.6) is 0 Å². The van der Waals surface area contributed by atoms with E-state index in [2.05, 4.69) is 26.8 Å². The maximum Gasteiger partial charge on any atom is 0.0646 e. The van der Waals surface area contributed by atoms with E-state index in [1.165, 1.54) is 19.3 Å². The van der Waals surface area contributed by atoms with Gasteiger partial charge in [-0.25, -0.2) is 0 Å². The van der Waals surface area contributed by atoms with Crippen molar-refractivity contribution in [2.45, 2.75) is 58.7 Å². The second-order valence-electron chi connectivity index (χ2n) is 4.91. The van der Waals surface area contributed by atoms with Crippen molar-refractivity contribution in [1.82, 2.24) is 0 Å². The summed E-state index contributed by atoms with van der Waals surface area (Å²) in [7, 11) is 0. The second kappa shape index (κ2) is 4.06. The summed E-state index contributed by atoms with van der Waals surface area (Å²) in [5, 5.41) is 0. The molecule has 4 unspecified atom stereocenters. The van der Waals surface area contributed by atoms with Gasteiger partial charge in [-0.2, -0.15) is 0 Å². The zero-order chi connectivity index (χ0) is 10.1. The van der Waals surface area contributed by atoms with Crippen molar-refractivity contribution in [3.05, 3.63) is 11.6 Å². The quantitative estimate of drug-likeness (QED) is 0.624. The van der Waals surface area contributed by atoms with Crippen molar-refractivity contribution in [2.24, 2.45) is 11.8 Å². The Labute approximate surface area is 87.5 Å². The van der Waals surface area contributed by atoms with Crippen LogP contribution in [0.4, 0.5) is 0 Å². The molecule has 0 aliphatic heterocycles. The first kappa shape index (κ1) is 10.2. The van der Waals surface area contributed by atoms with Crippen LogP contribution in [0, 0.1) is 11.8 Å². The van der Waals surface area contributed by atoms with Crippen LogP contribution in [-0.4, -0.2) is 12.2 Å². The largest absolute Gasteiger partial charge is 0.375 e. The van der Waals surface area contributed by atoms with Crippen molar-refractivity contribution in [1.29, 1.82) is 0 Å². The summed E-state index contributed by atoms with van der Waals surface area (Å²) in [6.07, 6.45) is 8.48. The van der Waals surface area contributed by atoms with E-state index in [-0.39, 0.29) is 0 Å². The summed E-state index contributed by atoms with van der Waals surface area (Å²) in [6, 6.07) is 0. The van der Waals surface area contributed by atoms with E-state index in [1.54, 1.807) is 5.57 Å². The van der Waals surface area contributed by atoms with Crippen molar-refractivity contribution >= 4 is 0 Å². The van der Waals surface area contributed by atoms with Crippen LogP contribution in [0.15, 0.2) is 11.6 Å². The van der Waals surface area contributed by atoms with Crippen LogP contribution in [0.2, 0.25) is 0 Å². The van der Waals surface area contributed by atoms with Gasteiger partial charge in [0.05, 0.1) is 12.2 Å². The van der Waals surface area contributed by atoms with Crippen molar-refractivity contribution in [2.75, 3.05) is 0 Å². The summed E-state index contributed by atoms with van der Waals surface area (Å²) in [5.41, 5.74) is 1.66. The lowest BCUT2D eigenvalue weighted by Crippen LogP contribution is -2.26. The highest BCUT2D eigenvalue weighted by Gasteiger charge is 2.43. The molecule has 2 bridgehead atoms. The number of ether oxygens (including phenoxy) is 1. The Morgan fingerprint density at radius 3 is 2.86 bits per heavy atom. The molecule has 1 nitrogen and oxygen atoms in total. The minimum Gasteiger partial charge on any atom is -0.375 e. The normalized spacial score (nSPS) is 40.8. The summed E-state index contributed by atoms with van der Waals surface area (Å²) in [4.78, 5) is 0. The van der Waals surface area contributed by atoms with Gasteiger partial charge in [-0.3, -0.25) is 0 Å². The van der Waals surface area contributed by atoms with E-state index in [4.69, 9.17) is 4.74 Å². The van der Waals surface area contributed by atoms with Crippen molar-refractivity contribution in [3.8, 4) is 0 Å². The van der Waals surface area contributed by atoms with Crippen LogP contribution >= 0.6 is 0 Å². The van der Waals surface area contributed by atoms with Crippen LogP contribution in [0.1, 0.15) is 46.5 Å². The molecular weight excluding hydrogens is 172 g/mol. The minimum atomic E-state index is 0.442. The highest BCUT2D eigenvalue weighted by Crippen LogP contribution is 2.49. The molecule has 0 N–H and O–H groups in total. The Bertz CT molecular complexity index is 231. The Morgan fingerprint density at radius 1 is 1.50 bits per heavy atom. The standard InChI is InChI=1S/C13H22O/c1-4-9(3)14-13-8-10-6-11(5-2)12(13)7-10/h5,9-10,12-13H,4,6-8H2,1-3H3/b11-5-. The second-order valence-corrected chi connectivity index (χ2v) is 4.91. The summed E-state index contributed by atoms with van der Waals surface area (Å²) in [5.74, 6) is 1.69. The molecule has 0 spiro atoms. The molecule has 0 heterocycles. The van der Waals surface area contributed by atoms with Gasteiger partial charge in [-0.15, -0.1) is 0 Å². The lowest BCUT2D eigenvalue weighted by molar-refractivity contribution is -0.0220. The predicted octanol–water partition coefficient (Wildman–Crippen LogP) is 3.55. The Morgan fingerprint density at radius 2 is 2.29 bits per heavy atom. The molecule has 4 atom stereocenters. The first-order valence-electron chi connectivity index (χ1n) is 6.05. The third kappa shape index (κ3) is 1.75. The molecule has 0 radical (unpaired) electrons. The predicted molar refractivity (Wildman–Crippen MR) is 59.2 cm³/mol. The van der Waals surface area contributed by atoms with Gasteiger partial charge in [-0.1, -0.05) is 18.6 Å². The fraction of sp³-hybridized carbons (Fsp3) is 0.846. The third-order valence-electron chi connectivity index (χ3n) is 3.96. The lowest BCUT2D eigenvalue weighted by Gasteiger charge is -2.27. The smallest absolute Gasteiger partial charge is 0.0646 e. The molecule has 2 aliphatic rings. The molecule has 2 saturated carbocycles. The van der Waals surface area contributed by atoms with Gasteiger partial charge < -0.3 is 4.74 Å². The highest BCUT2D eigenvalue weighted by atomic mass is 16.5. The third-order valence-corrected chi connectivity index (χ3v) is 3.96. The van der Waals surface area contributed by atoms with Gasteiger partial charge in [0.15, 0.2) is 0 Å². The number of hydrogen-bond donors (Lipinski definition) is 0. The van der Waals surface area contributed by atoms with Gasteiger partial charge in [0.1, 0.15) is 0 Å². The van der Waals surface area contributed by atoms with Crippen molar-refractivity contribution < 1.29 is 4.74 Å². The maximum absolute atomic E-state index is 6.09. The fourth-order valence-corrected chi connectivity index (χ4v) is 3.02. The van der Waals surface area contributed by atoms with Gasteiger partial charge >= 0.3 is 0 Å². The Balaban J connectivity index is 1.96. The average Bonchev–Trinajstić information content (AvgIpc) is 2.75. The van der Waals surface area contributed by atoms with Crippen LogP contribution in [0.3, 0.4) is 0 Å². The summed E-state index contributed by atoms with van der Waals surface area (Å²) in [6.45, 7) is 6.58. The monoisotopic (exact) mass is 194 g/mol. The van der Waals surface area contributed by atoms with Gasteiger partial charge in [-0.05, 0) is 45.4 Å². The molecule has 14 heavy (non-hydrogen) atoms. The molecule has 2 rings (SSSR count). The molecule has 2 aliphatic carbocycles. The van der Waals surface area contributed by atoms with Gasteiger partial charge in [0, 0.05) is 5.92 Å². The minimum absolute atomic E-state index is 0.442. The number of allylic oxidation sites excluding steroid dienone is 1. The maximum atomic E-state index is 6.09. The van der Waals surface area contributed by atoms with Crippen LogP contribution < -0.4 is 0 Å². The molecule has 0 aromatic heterocycles. The van der Waals surface area contributed by atoms with E-state index in [0.29, 0.717) is 12.2 Å². The number of fused-ring (bicyclic) bond motifs is 2. The zero-order valence-corrected chi connectivity index (χ0v) is 9.62. The SMILES string of the molecule is C/C=C1/CC2CC(OC(C)CC)C1C2. The van der Waals surface area contributed by atoms with Crippen LogP contribution in [0.25, 0.3) is 0 Å². The van der Waals surface area contributed by atoms with Crippen molar-refractivity contribution in [3.63, 3.8) is 0 Å². The van der Waals surface area contributed by atoms with Gasteiger partial charge in [0.25, 0.3) is 0 Å². The topological polar surface area (TPSA) is 9.23 Å². The molecule has 0 amide bonds. The van der Waals surface area contributed by atoms with Crippen LogP contribution in [-0.2, 0) is 4.74 Å².